The predicted octanol–water partition coefficient (Wildman–Crippen LogP) is -0.941. The number of methoxy groups -OCH3 is 2. The lowest BCUT2D eigenvalue weighted by Gasteiger charge is -2.30. The molecule has 1 aliphatic rings. The van der Waals surface area contributed by atoms with Crippen LogP contribution in [0.25, 0.3) is 0 Å². The van der Waals surface area contributed by atoms with E-state index < -0.39 is 0 Å². The minimum Gasteiger partial charge on any atom is -0.385 e. The number of amides is 1. The van der Waals surface area contributed by atoms with E-state index in [2.05, 4.69) is 10.6 Å². The van der Waals surface area contributed by atoms with Gasteiger partial charge in [0.1, 0.15) is 0 Å². The third-order valence-corrected chi connectivity index (χ3v) is 2.99. The van der Waals surface area contributed by atoms with E-state index in [0.29, 0.717) is 32.8 Å². The summed E-state index contributed by atoms with van der Waals surface area (Å²) < 4.78 is 10.1. The average Bonchev–Trinajstić information content (AvgIpc) is 2.43. The van der Waals surface area contributed by atoms with Gasteiger partial charge in [-0.1, -0.05) is 0 Å². The third-order valence-electron chi connectivity index (χ3n) is 2.99. The number of nitrogens with one attached hydrogen (secondary N) is 2. The summed E-state index contributed by atoms with van der Waals surface area (Å²) >= 11 is 0. The molecular formula is C12H25N3O3. The zero-order valence-electron chi connectivity index (χ0n) is 11.4. The van der Waals surface area contributed by atoms with Crippen molar-refractivity contribution in [2.24, 2.45) is 0 Å². The molecule has 6 heteroatoms. The number of piperazine rings is 1. The fourth-order valence-corrected chi connectivity index (χ4v) is 1.98. The maximum absolute atomic E-state index is 12.3. The number of nitrogens with zero attached hydrogens (tertiary/aromatic N) is 1. The van der Waals surface area contributed by atoms with Crippen LogP contribution >= 0.6 is 0 Å². The molecule has 0 aliphatic carbocycles. The van der Waals surface area contributed by atoms with Crippen LogP contribution in [-0.4, -0.2) is 77.0 Å². The first-order valence-corrected chi connectivity index (χ1v) is 6.50. The molecule has 0 radical (unpaired) electrons. The fourth-order valence-electron chi connectivity index (χ4n) is 1.98. The van der Waals surface area contributed by atoms with Crippen LogP contribution in [0.4, 0.5) is 0 Å². The summed E-state index contributed by atoms with van der Waals surface area (Å²) in [6.07, 6.45) is 0.853. The molecule has 0 aromatic carbocycles. The smallest absolute Gasteiger partial charge is 0.241 e. The van der Waals surface area contributed by atoms with Crippen LogP contribution < -0.4 is 10.6 Å². The molecule has 18 heavy (non-hydrogen) atoms. The molecule has 2 N–H and O–H groups in total. The molecule has 0 aromatic rings. The predicted molar refractivity (Wildman–Crippen MR) is 69.6 cm³/mol. The van der Waals surface area contributed by atoms with E-state index >= 15 is 0 Å². The van der Waals surface area contributed by atoms with Crippen molar-refractivity contribution in [3.8, 4) is 0 Å². The Labute approximate surface area is 109 Å². The molecule has 1 saturated heterocycles. The maximum Gasteiger partial charge on any atom is 0.241 e. The van der Waals surface area contributed by atoms with Crippen molar-refractivity contribution in [1.29, 1.82) is 0 Å². The second kappa shape index (κ2) is 9.27. The molecule has 1 atom stereocenters. The van der Waals surface area contributed by atoms with E-state index in [9.17, 15) is 4.79 Å². The Morgan fingerprint density at radius 2 is 2.00 bits per heavy atom. The standard InChI is InChI=1S/C12H25N3O3/c1-17-8-3-6-15(7-9-18-2)12(16)11-10-13-4-5-14-11/h11,13-14H,3-10H2,1-2H3. The van der Waals surface area contributed by atoms with Crippen LogP contribution in [0.5, 0.6) is 0 Å². The van der Waals surface area contributed by atoms with Gasteiger partial charge in [-0.2, -0.15) is 0 Å². The first kappa shape index (κ1) is 15.4. The van der Waals surface area contributed by atoms with Crippen LogP contribution in [0.15, 0.2) is 0 Å². The maximum atomic E-state index is 12.3. The highest BCUT2D eigenvalue weighted by Crippen LogP contribution is 2.00. The highest BCUT2D eigenvalue weighted by atomic mass is 16.5. The second-order valence-electron chi connectivity index (χ2n) is 4.38. The van der Waals surface area contributed by atoms with Crippen LogP contribution in [-0.2, 0) is 14.3 Å². The van der Waals surface area contributed by atoms with Crippen molar-refractivity contribution in [3.63, 3.8) is 0 Å². The number of ether oxygens (including phenoxy) is 2. The summed E-state index contributed by atoms with van der Waals surface area (Å²) in [6, 6.07) is -0.113. The lowest BCUT2D eigenvalue weighted by atomic mass is 10.2. The molecule has 6 nitrogen and oxygen atoms in total. The van der Waals surface area contributed by atoms with Crippen molar-refractivity contribution in [2.45, 2.75) is 12.5 Å². The first-order valence-electron chi connectivity index (χ1n) is 6.50. The van der Waals surface area contributed by atoms with Gasteiger partial charge >= 0.3 is 0 Å². The van der Waals surface area contributed by atoms with Gasteiger partial charge in [-0.15, -0.1) is 0 Å². The van der Waals surface area contributed by atoms with E-state index in [1.54, 1.807) is 14.2 Å². The van der Waals surface area contributed by atoms with Gasteiger partial charge in [-0.3, -0.25) is 4.79 Å². The molecule has 0 spiro atoms. The Morgan fingerprint density at radius 3 is 2.61 bits per heavy atom. The molecular weight excluding hydrogens is 234 g/mol. The molecule has 1 rings (SSSR count). The Morgan fingerprint density at radius 1 is 1.22 bits per heavy atom. The van der Waals surface area contributed by atoms with Crippen molar-refractivity contribution < 1.29 is 14.3 Å². The van der Waals surface area contributed by atoms with Crippen LogP contribution in [0.1, 0.15) is 6.42 Å². The Kier molecular flexibility index (Phi) is 7.91. The summed E-state index contributed by atoms with van der Waals surface area (Å²) in [5.74, 6) is 0.148. The molecule has 1 unspecified atom stereocenters. The number of hydrogen-bond acceptors (Lipinski definition) is 5. The van der Waals surface area contributed by atoms with Gasteiger partial charge in [-0.25, -0.2) is 0 Å². The average molecular weight is 259 g/mol. The fraction of sp³-hybridized carbons (Fsp3) is 0.917. The number of carbonyl (C=O) groups is 1. The Balaban J connectivity index is 2.42. The van der Waals surface area contributed by atoms with Crippen LogP contribution in [0.3, 0.4) is 0 Å². The normalized spacial score (nSPS) is 19.8. The highest BCUT2D eigenvalue weighted by molar-refractivity contribution is 5.82. The Hall–Kier alpha value is -0.690. The van der Waals surface area contributed by atoms with Crippen LogP contribution in [0, 0.1) is 0 Å². The Bertz CT molecular complexity index is 233. The summed E-state index contributed by atoms with van der Waals surface area (Å²) in [5, 5.41) is 6.47. The molecule has 1 heterocycles. The van der Waals surface area contributed by atoms with Crippen molar-refractivity contribution in [2.75, 3.05) is 60.2 Å². The summed E-state index contributed by atoms with van der Waals surface area (Å²) in [6.45, 7) is 5.06. The van der Waals surface area contributed by atoms with Crippen molar-refractivity contribution in [1.82, 2.24) is 15.5 Å². The molecule has 0 bridgehead atoms. The van der Waals surface area contributed by atoms with Crippen molar-refractivity contribution >= 4 is 5.91 Å². The first-order chi connectivity index (χ1) is 8.79. The van der Waals surface area contributed by atoms with Gasteiger partial charge in [0, 0.05) is 53.6 Å². The quantitative estimate of drug-likeness (QED) is 0.551. The summed E-state index contributed by atoms with van der Waals surface area (Å²) in [7, 11) is 3.33. The minimum atomic E-state index is -0.113. The highest BCUT2D eigenvalue weighted by Gasteiger charge is 2.24. The molecule has 1 amide bonds. The SMILES string of the molecule is COCCCN(CCOC)C(=O)C1CNCCN1. The van der Waals surface area contributed by atoms with Gasteiger partial charge < -0.3 is 25.0 Å². The van der Waals surface area contributed by atoms with Crippen molar-refractivity contribution in [3.05, 3.63) is 0 Å². The van der Waals surface area contributed by atoms with Gasteiger partial charge in [0.05, 0.1) is 12.6 Å². The number of rotatable bonds is 8. The molecule has 0 saturated carbocycles. The van der Waals surface area contributed by atoms with E-state index in [-0.39, 0.29) is 11.9 Å². The zero-order chi connectivity index (χ0) is 13.2. The van der Waals surface area contributed by atoms with Gasteiger partial charge in [0.15, 0.2) is 0 Å². The monoisotopic (exact) mass is 259 g/mol. The van der Waals surface area contributed by atoms with Gasteiger partial charge in [0.25, 0.3) is 0 Å². The largest absolute Gasteiger partial charge is 0.385 e. The van der Waals surface area contributed by atoms with Gasteiger partial charge in [-0.05, 0) is 6.42 Å². The van der Waals surface area contributed by atoms with E-state index in [1.165, 1.54) is 0 Å². The van der Waals surface area contributed by atoms with E-state index in [1.807, 2.05) is 4.90 Å². The molecule has 1 aliphatic heterocycles. The number of carbonyl (C=O) groups excluding carboxylic acids is 1. The minimum absolute atomic E-state index is 0.113. The summed E-state index contributed by atoms with van der Waals surface area (Å²) in [5.41, 5.74) is 0. The number of hydrogen-bond donors (Lipinski definition) is 2. The zero-order valence-corrected chi connectivity index (χ0v) is 11.4. The lowest BCUT2D eigenvalue weighted by molar-refractivity contribution is -0.134. The topological polar surface area (TPSA) is 62.8 Å². The molecule has 106 valence electrons. The molecule has 0 aromatic heterocycles. The second-order valence-corrected chi connectivity index (χ2v) is 4.38. The van der Waals surface area contributed by atoms with Gasteiger partial charge in [0.2, 0.25) is 5.91 Å². The lowest BCUT2D eigenvalue weighted by Crippen LogP contribution is -2.57. The van der Waals surface area contributed by atoms with Crippen LogP contribution in [0.2, 0.25) is 0 Å². The van der Waals surface area contributed by atoms with E-state index in [4.69, 9.17) is 9.47 Å². The summed E-state index contributed by atoms with van der Waals surface area (Å²) in [4.78, 5) is 14.2. The molecule has 1 fully saturated rings. The van der Waals surface area contributed by atoms with E-state index in [0.717, 1.165) is 19.5 Å². The third kappa shape index (κ3) is 5.30.